The Bertz CT molecular complexity index is 1270. The van der Waals surface area contributed by atoms with Gasteiger partial charge in [0.05, 0.1) is 4.90 Å². The number of rotatable bonds is 8. The molecule has 0 aromatic heterocycles. The predicted molar refractivity (Wildman–Crippen MR) is 124 cm³/mol. The normalized spacial score (nSPS) is 19.7. The molecule has 0 heterocycles. The molecule has 2 atom stereocenters. The monoisotopic (exact) mass is 506 g/mol. The summed E-state index contributed by atoms with van der Waals surface area (Å²) in [5, 5.41) is 10.2. The molecule has 1 fully saturated rings. The molecule has 1 aliphatic carbocycles. The highest BCUT2D eigenvalue weighted by Crippen LogP contribution is 2.52. The second-order valence-corrected chi connectivity index (χ2v) is 10.2. The van der Waals surface area contributed by atoms with Crippen molar-refractivity contribution in [1.29, 1.82) is 0 Å². The van der Waals surface area contributed by atoms with Gasteiger partial charge in [0, 0.05) is 21.5 Å². The van der Waals surface area contributed by atoms with Crippen LogP contribution in [0, 0.1) is 0 Å². The molecular formula is C23H20Cl2N2O5S. The smallest absolute Gasteiger partial charge is 0.265 e. The molecule has 1 aliphatic rings. The van der Waals surface area contributed by atoms with E-state index in [2.05, 4.69) is 4.72 Å². The van der Waals surface area contributed by atoms with Crippen LogP contribution in [0.25, 0.3) is 0 Å². The average Bonchev–Trinajstić information content (AvgIpc) is 3.53. The lowest BCUT2D eigenvalue weighted by Crippen LogP contribution is -2.49. The number of ether oxygens (including phenoxy) is 1. The Balaban J connectivity index is 1.48. The number of hydrogen-bond acceptors (Lipinski definition) is 5. The Labute approximate surface area is 201 Å². The highest BCUT2D eigenvalue weighted by Gasteiger charge is 2.62. The van der Waals surface area contributed by atoms with Crippen LogP contribution in [-0.4, -0.2) is 25.1 Å². The molecule has 7 nitrogen and oxygen atoms in total. The first-order valence-corrected chi connectivity index (χ1v) is 12.2. The maximum Gasteiger partial charge on any atom is 0.265 e. The van der Waals surface area contributed by atoms with Gasteiger partial charge in [0.1, 0.15) is 17.9 Å². The summed E-state index contributed by atoms with van der Waals surface area (Å²) in [7, 11) is -4.06. The fourth-order valence-corrected chi connectivity index (χ4v) is 5.55. The van der Waals surface area contributed by atoms with E-state index < -0.39 is 27.4 Å². The van der Waals surface area contributed by atoms with Gasteiger partial charge in [-0.2, -0.15) is 4.72 Å². The molecule has 1 saturated carbocycles. The maximum absolute atomic E-state index is 13.0. The quantitative estimate of drug-likeness (QED) is 0.312. The van der Waals surface area contributed by atoms with Crippen LogP contribution in [0.3, 0.4) is 0 Å². The van der Waals surface area contributed by atoms with Gasteiger partial charge >= 0.3 is 0 Å². The summed E-state index contributed by atoms with van der Waals surface area (Å²) in [4.78, 5) is 12.3. The number of carbonyl (C=O) groups excluding carboxylic acids is 1. The van der Waals surface area contributed by atoms with Crippen LogP contribution in [0.4, 0.5) is 0 Å². The Kier molecular flexibility index (Phi) is 6.65. The van der Waals surface area contributed by atoms with Crippen molar-refractivity contribution in [2.45, 2.75) is 29.4 Å². The van der Waals surface area contributed by atoms with Gasteiger partial charge in [0.2, 0.25) is 10.0 Å². The number of halogens is 2. The molecule has 0 radical (unpaired) electrons. The summed E-state index contributed by atoms with van der Waals surface area (Å²) >= 11 is 12.0. The van der Waals surface area contributed by atoms with Gasteiger partial charge in [-0.25, -0.2) is 13.9 Å². The van der Waals surface area contributed by atoms with E-state index >= 15 is 0 Å². The number of hydroxylamine groups is 1. The van der Waals surface area contributed by atoms with Gasteiger partial charge in [0.25, 0.3) is 5.91 Å². The van der Waals surface area contributed by atoms with E-state index in [9.17, 15) is 18.4 Å². The van der Waals surface area contributed by atoms with Crippen molar-refractivity contribution in [2.75, 3.05) is 0 Å². The molecule has 3 aromatic rings. The lowest BCUT2D eigenvalue weighted by atomic mass is 10.1. The van der Waals surface area contributed by atoms with E-state index in [0.29, 0.717) is 15.8 Å². The summed E-state index contributed by atoms with van der Waals surface area (Å²) in [6, 6.07) is 19.9. The molecule has 0 aliphatic heterocycles. The van der Waals surface area contributed by atoms with Crippen LogP contribution < -0.4 is 14.9 Å². The van der Waals surface area contributed by atoms with Crippen LogP contribution >= 0.6 is 23.2 Å². The zero-order chi connectivity index (χ0) is 23.6. The predicted octanol–water partition coefficient (Wildman–Crippen LogP) is 4.28. The topological polar surface area (TPSA) is 105 Å². The summed E-state index contributed by atoms with van der Waals surface area (Å²) in [6.45, 7) is 0.179. The van der Waals surface area contributed by atoms with E-state index in [1.807, 2.05) is 18.2 Å². The first-order valence-electron chi connectivity index (χ1n) is 9.95. The van der Waals surface area contributed by atoms with Crippen molar-refractivity contribution in [2.24, 2.45) is 0 Å². The van der Waals surface area contributed by atoms with Crippen molar-refractivity contribution in [3.8, 4) is 5.75 Å². The van der Waals surface area contributed by atoms with E-state index in [1.165, 1.54) is 24.3 Å². The number of carbonyl (C=O) groups is 1. The van der Waals surface area contributed by atoms with Crippen molar-refractivity contribution in [1.82, 2.24) is 10.2 Å². The Morgan fingerprint density at radius 3 is 2.39 bits per heavy atom. The number of hydrogen-bond donors (Lipinski definition) is 3. The van der Waals surface area contributed by atoms with Gasteiger partial charge in [-0.15, -0.1) is 0 Å². The first-order chi connectivity index (χ1) is 15.7. The minimum atomic E-state index is -4.06. The van der Waals surface area contributed by atoms with Crippen LogP contribution in [0.15, 0.2) is 77.7 Å². The molecule has 3 N–H and O–H groups in total. The molecule has 33 heavy (non-hydrogen) atoms. The third-order valence-corrected chi connectivity index (χ3v) is 7.64. The van der Waals surface area contributed by atoms with Gasteiger partial charge in [-0.3, -0.25) is 10.0 Å². The van der Waals surface area contributed by atoms with Crippen molar-refractivity contribution in [3.05, 3.63) is 94.0 Å². The third-order valence-electron chi connectivity index (χ3n) is 5.53. The molecule has 2 unspecified atom stereocenters. The fourth-order valence-electron chi connectivity index (χ4n) is 3.67. The summed E-state index contributed by atoms with van der Waals surface area (Å²) in [5.74, 6) is -0.761. The van der Waals surface area contributed by atoms with Gasteiger partial charge in [-0.1, -0.05) is 59.6 Å². The zero-order valence-corrected chi connectivity index (χ0v) is 19.5. The number of benzene rings is 3. The number of sulfonamides is 1. The Hall–Kier alpha value is -2.62. The molecule has 3 aromatic carbocycles. The van der Waals surface area contributed by atoms with Crippen LogP contribution in [-0.2, 0) is 21.4 Å². The lowest BCUT2D eigenvalue weighted by Gasteiger charge is -2.18. The van der Waals surface area contributed by atoms with Crippen LogP contribution in [0.2, 0.25) is 10.0 Å². The van der Waals surface area contributed by atoms with Crippen molar-refractivity contribution < 1.29 is 23.2 Å². The first kappa shape index (κ1) is 23.5. The number of nitrogens with one attached hydrogen (secondary N) is 2. The van der Waals surface area contributed by atoms with Crippen molar-refractivity contribution in [3.63, 3.8) is 0 Å². The van der Waals surface area contributed by atoms with E-state index in [0.717, 1.165) is 11.1 Å². The van der Waals surface area contributed by atoms with Crippen LogP contribution in [0.5, 0.6) is 5.75 Å². The molecular weight excluding hydrogens is 487 g/mol. The SMILES string of the molecule is O=C(NO)C1(NS(=O)(=O)c2ccc(OCc3ccc(Cl)cc3Cl)cc2)CC1c1ccccc1. The van der Waals surface area contributed by atoms with Crippen molar-refractivity contribution >= 4 is 39.1 Å². The molecule has 4 rings (SSSR count). The van der Waals surface area contributed by atoms with Crippen LogP contribution in [0.1, 0.15) is 23.5 Å². The lowest BCUT2D eigenvalue weighted by molar-refractivity contribution is -0.132. The van der Waals surface area contributed by atoms with Gasteiger partial charge < -0.3 is 4.74 Å². The second-order valence-electron chi connectivity index (χ2n) is 7.68. The molecule has 0 bridgehead atoms. The van der Waals surface area contributed by atoms with Gasteiger partial charge in [-0.05, 0) is 48.4 Å². The van der Waals surface area contributed by atoms with E-state index in [1.54, 1.807) is 35.8 Å². The zero-order valence-electron chi connectivity index (χ0n) is 17.2. The standard InChI is InChI=1S/C23H20Cl2N2O5S/c24-17-7-6-16(21(25)12-17)14-32-18-8-10-19(11-9-18)33(30,31)27-23(22(28)26-29)13-20(23)15-4-2-1-3-5-15/h1-12,20,27,29H,13-14H2,(H,26,28). The Morgan fingerprint density at radius 2 is 1.76 bits per heavy atom. The third kappa shape index (κ3) is 5.00. The molecule has 172 valence electrons. The summed E-state index contributed by atoms with van der Waals surface area (Å²) < 4.78 is 34.2. The molecule has 1 amide bonds. The molecule has 0 spiro atoms. The Morgan fingerprint density at radius 1 is 1.06 bits per heavy atom. The minimum absolute atomic E-state index is 0.0387. The molecule has 10 heteroatoms. The minimum Gasteiger partial charge on any atom is -0.489 e. The molecule has 0 saturated heterocycles. The largest absolute Gasteiger partial charge is 0.489 e. The van der Waals surface area contributed by atoms with Gasteiger partial charge in [0.15, 0.2) is 0 Å². The number of amides is 1. The van der Waals surface area contributed by atoms with E-state index in [-0.39, 0.29) is 17.9 Å². The van der Waals surface area contributed by atoms with E-state index in [4.69, 9.17) is 27.9 Å². The maximum atomic E-state index is 13.0. The fraction of sp³-hybridized carbons (Fsp3) is 0.174. The summed E-state index contributed by atoms with van der Waals surface area (Å²) in [5.41, 5.74) is 1.66. The summed E-state index contributed by atoms with van der Waals surface area (Å²) in [6.07, 6.45) is 0.228. The highest BCUT2D eigenvalue weighted by molar-refractivity contribution is 7.89. The highest BCUT2D eigenvalue weighted by atomic mass is 35.5. The average molecular weight is 507 g/mol. The second kappa shape index (κ2) is 9.32.